The van der Waals surface area contributed by atoms with Crippen LogP contribution in [0, 0.1) is 0 Å². The zero-order valence-corrected chi connectivity index (χ0v) is 14.4. The van der Waals surface area contributed by atoms with Crippen LogP contribution in [0.5, 0.6) is 0 Å². The minimum absolute atomic E-state index is 0.163. The Labute approximate surface area is 143 Å². The predicted molar refractivity (Wildman–Crippen MR) is 93.8 cm³/mol. The number of nitrogens with one attached hydrogen (secondary N) is 1. The topological polar surface area (TPSA) is 58.6 Å². The molecule has 0 aromatic heterocycles. The van der Waals surface area contributed by atoms with Crippen LogP contribution in [0.1, 0.15) is 17.2 Å². The molecule has 1 N–H and O–H groups in total. The van der Waals surface area contributed by atoms with Gasteiger partial charge >= 0.3 is 0 Å². The third kappa shape index (κ3) is 3.84. The van der Waals surface area contributed by atoms with E-state index in [1.165, 1.54) is 0 Å². The molecule has 2 aromatic carbocycles. The van der Waals surface area contributed by atoms with Crippen molar-refractivity contribution < 1.29 is 13.3 Å². The van der Waals surface area contributed by atoms with Crippen LogP contribution < -0.4 is 4.72 Å². The van der Waals surface area contributed by atoms with Gasteiger partial charge in [-0.3, -0.25) is 4.84 Å². The lowest BCUT2D eigenvalue weighted by Gasteiger charge is -2.23. The van der Waals surface area contributed by atoms with Crippen molar-refractivity contribution in [3.63, 3.8) is 0 Å². The van der Waals surface area contributed by atoms with Gasteiger partial charge in [-0.15, -0.1) is 0 Å². The fourth-order valence-electron chi connectivity index (χ4n) is 3.02. The van der Waals surface area contributed by atoms with E-state index in [1.54, 1.807) is 12.1 Å². The molecule has 1 heterocycles. The lowest BCUT2D eigenvalue weighted by Crippen LogP contribution is -2.40. The first-order valence-corrected chi connectivity index (χ1v) is 9.55. The van der Waals surface area contributed by atoms with E-state index in [2.05, 4.69) is 4.72 Å². The second kappa shape index (κ2) is 7.44. The molecular formula is C18H22N2O3S. The number of benzene rings is 2. The Balaban J connectivity index is 1.69. The Morgan fingerprint density at radius 3 is 2.38 bits per heavy atom. The quantitative estimate of drug-likeness (QED) is 0.871. The van der Waals surface area contributed by atoms with Gasteiger partial charge in [-0.1, -0.05) is 60.7 Å². The summed E-state index contributed by atoms with van der Waals surface area (Å²) >= 11 is 0. The van der Waals surface area contributed by atoms with Crippen molar-refractivity contribution in [1.82, 2.24) is 9.79 Å². The molecule has 1 fully saturated rings. The third-order valence-electron chi connectivity index (χ3n) is 4.29. The van der Waals surface area contributed by atoms with Crippen LogP contribution in [-0.4, -0.2) is 38.9 Å². The van der Waals surface area contributed by atoms with E-state index in [0.29, 0.717) is 13.0 Å². The number of hydrogen-bond acceptors (Lipinski definition) is 4. The summed E-state index contributed by atoms with van der Waals surface area (Å²) in [4.78, 5) is 5.50. The van der Waals surface area contributed by atoms with Crippen molar-refractivity contribution in [2.45, 2.75) is 17.7 Å². The highest BCUT2D eigenvalue weighted by atomic mass is 32.2. The van der Waals surface area contributed by atoms with Gasteiger partial charge in [0.1, 0.15) is 5.25 Å². The van der Waals surface area contributed by atoms with Gasteiger partial charge in [0.25, 0.3) is 0 Å². The number of rotatable bonds is 6. The minimum atomic E-state index is -3.48. The molecule has 0 spiro atoms. The van der Waals surface area contributed by atoms with Crippen molar-refractivity contribution in [3.8, 4) is 0 Å². The first kappa shape index (κ1) is 17.1. The monoisotopic (exact) mass is 346 g/mol. The van der Waals surface area contributed by atoms with Crippen LogP contribution >= 0.6 is 0 Å². The van der Waals surface area contributed by atoms with Crippen LogP contribution in [0.15, 0.2) is 60.7 Å². The highest BCUT2D eigenvalue weighted by Crippen LogP contribution is 2.32. The number of sulfonamides is 1. The highest BCUT2D eigenvalue weighted by molar-refractivity contribution is 7.90. The van der Waals surface area contributed by atoms with Crippen LogP contribution in [0.4, 0.5) is 0 Å². The second-order valence-electron chi connectivity index (χ2n) is 5.91. The second-order valence-corrected chi connectivity index (χ2v) is 7.90. The maximum atomic E-state index is 12.7. The average molecular weight is 346 g/mol. The van der Waals surface area contributed by atoms with Gasteiger partial charge in [0.05, 0.1) is 12.6 Å². The van der Waals surface area contributed by atoms with Gasteiger partial charge < -0.3 is 0 Å². The third-order valence-corrected chi connectivity index (χ3v) is 6.08. The zero-order chi connectivity index (χ0) is 17.0. The Kier molecular flexibility index (Phi) is 5.30. The molecule has 6 heteroatoms. The van der Waals surface area contributed by atoms with Crippen LogP contribution in [-0.2, 0) is 21.3 Å². The highest BCUT2D eigenvalue weighted by Gasteiger charge is 2.42. The molecule has 3 rings (SSSR count). The Morgan fingerprint density at radius 1 is 1.08 bits per heavy atom. The maximum absolute atomic E-state index is 12.7. The Hall–Kier alpha value is -1.73. The predicted octanol–water partition coefficient (Wildman–Crippen LogP) is 2.14. The number of hydroxylamine groups is 2. The van der Waals surface area contributed by atoms with Gasteiger partial charge in [0.2, 0.25) is 10.0 Å². The number of nitrogens with zero attached hydrogens (tertiary/aromatic N) is 1. The van der Waals surface area contributed by atoms with Gasteiger partial charge in [0.15, 0.2) is 0 Å². The van der Waals surface area contributed by atoms with Crippen LogP contribution in [0.3, 0.4) is 0 Å². The molecule has 0 amide bonds. The molecule has 2 aromatic rings. The van der Waals surface area contributed by atoms with Crippen molar-refractivity contribution in [2.75, 3.05) is 20.2 Å². The molecule has 0 radical (unpaired) electrons. The lowest BCUT2D eigenvalue weighted by molar-refractivity contribution is -0.110. The molecule has 1 aliphatic rings. The number of hydrogen-bond donors (Lipinski definition) is 1. The molecule has 24 heavy (non-hydrogen) atoms. The molecule has 1 aliphatic heterocycles. The summed E-state index contributed by atoms with van der Waals surface area (Å²) < 4.78 is 28.2. The molecule has 0 aliphatic carbocycles. The van der Waals surface area contributed by atoms with E-state index in [0.717, 1.165) is 11.1 Å². The fourth-order valence-corrected chi connectivity index (χ4v) is 4.53. The maximum Gasteiger partial charge on any atom is 0.218 e. The molecular weight excluding hydrogens is 324 g/mol. The summed E-state index contributed by atoms with van der Waals surface area (Å²) in [5.41, 5.74) is 2.05. The molecule has 0 bridgehead atoms. The van der Waals surface area contributed by atoms with E-state index in [-0.39, 0.29) is 12.6 Å². The summed E-state index contributed by atoms with van der Waals surface area (Å²) in [7, 11) is -1.70. The van der Waals surface area contributed by atoms with E-state index >= 15 is 0 Å². The van der Waals surface area contributed by atoms with Gasteiger partial charge in [-0.05, 0) is 17.5 Å². The lowest BCUT2D eigenvalue weighted by atomic mass is 10.0. The summed E-state index contributed by atoms with van der Waals surface area (Å²) in [6, 6.07) is 19.1. The standard InChI is InChI=1S/C18H22N2O3S/c1-20-18(16-10-6-3-7-11-16)17(14-23-20)24(21,22)19-13-12-15-8-4-2-5-9-15/h2-11,17-19H,12-14H2,1H3. The molecule has 1 saturated heterocycles. The SMILES string of the molecule is CN1OCC(S(=O)(=O)NCCc2ccccc2)C1c1ccccc1. The van der Waals surface area contributed by atoms with Crippen molar-refractivity contribution in [2.24, 2.45) is 0 Å². The van der Waals surface area contributed by atoms with Gasteiger partial charge in [-0.25, -0.2) is 13.1 Å². The van der Waals surface area contributed by atoms with E-state index in [1.807, 2.05) is 60.7 Å². The molecule has 5 nitrogen and oxygen atoms in total. The molecule has 2 unspecified atom stereocenters. The Morgan fingerprint density at radius 2 is 1.71 bits per heavy atom. The van der Waals surface area contributed by atoms with Gasteiger partial charge in [0, 0.05) is 13.6 Å². The van der Waals surface area contributed by atoms with Crippen molar-refractivity contribution in [3.05, 3.63) is 71.8 Å². The fraction of sp³-hybridized carbons (Fsp3) is 0.333. The summed E-state index contributed by atoms with van der Waals surface area (Å²) in [6.07, 6.45) is 0.666. The summed E-state index contributed by atoms with van der Waals surface area (Å²) in [5, 5.41) is 1.01. The van der Waals surface area contributed by atoms with Crippen molar-refractivity contribution >= 4 is 10.0 Å². The van der Waals surface area contributed by atoms with Crippen LogP contribution in [0.25, 0.3) is 0 Å². The molecule has 0 saturated carbocycles. The first-order valence-electron chi connectivity index (χ1n) is 8.01. The smallest absolute Gasteiger partial charge is 0.218 e. The van der Waals surface area contributed by atoms with Gasteiger partial charge in [-0.2, -0.15) is 5.06 Å². The Bertz CT molecular complexity index is 750. The molecule has 2 atom stereocenters. The van der Waals surface area contributed by atoms with E-state index < -0.39 is 15.3 Å². The van der Waals surface area contributed by atoms with E-state index in [9.17, 15) is 8.42 Å². The first-order chi connectivity index (χ1) is 11.6. The van der Waals surface area contributed by atoms with Crippen LogP contribution in [0.2, 0.25) is 0 Å². The summed E-state index contributed by atoms with van der Waals surface area (Å²) in [5.74, 6) is 0. The molecule has 128 valence electrons. The largest absolute Gasteiger partial charge is 0.297 e. The van der Waals surface area contributed by atoms with Crippen molar-refractivity contribution in [1.29, 1.82) is 0 Å². The van der Waals surface area contributed by atoms with E-state index in [4.69, 9.17) is 4.84 Å². The minimum Gasteiger partial charge on any atom is -0.297 e. The normalized spacial score (nSPS) is 21.9. The average Bonchev–Trinajstić information content (AvgIpc) is 2.99. The zero-order valence-electron chi connectivity index (χ0n) is 13.6. The summed E-state index contributed by atoms with van der Waals surface area (Å²) in [6.45, 7) is 0.546.